The third-order valence-corrected chi connectivity index (χ3v) is 6.54. The van der Waals surface area contributed by atoms with Crippen LogP contribution in [0.2, 0.25) is 0 Å². The monoisotopic (exact) mass is 479 g/mol. The van der Waals surface area contributed by atoms with Crippen molar-refractivity contribution in [2.24, 2.45) is 0 Å². The Bertz CT molecular complexity index is 1570. The number of anilines is 1. The van der Waals surface area contributed by atoms with E-state index in [9.17, 15) is 14.7 Å². The number of carbonyl (C=O) groups excluding carboxylic acids is 2. The van der Waals surface area contributed by atoms with E-state index in [0.29, 0.717) is 28.5 Å². The van der Waals surface area contributed by atoms with Gasteiger partial charge in [-0.3, -0.25) is 14.5 Å². The van der Waals surface area contributed by atoms with Crippen LogP contribution >= 0.6 is 0 Å². The van der Waals surface area contributed by atoms with Gasteiger partial charge in [0.25, 0.3) is 11.7 Å². The second-order valence-corrected chi connectivity index (χ2v) is 8.51. The number of nitrogens with zero attached hydrogens (tertiary/aromatic N) is 1. The first-order chi connectivity index (χ1) is 17.6. The Balaban J connectivity index is 1.61. The SMILES string of the molecule is COc1cccc(N2C(=O)C(=O)/C(=C(\O)c3ccc4c(c3)OCO4)C2c2cccc3ccccc23)c1. The van der Waals surface area contributed by atoms with Crippen molar-refractivity contribution in [2.75, 3.05) is 18.8 Å². The van der Waals surface area contributed by atoms with Crippen LogP contribution in [-0.4, -0.2) is 30.7 Å². The molecule has 0 spiro atoms. The van der Waals surface area contributed by atoms with Crippen LogP contribution in [0.1, 0.15) is 17.2 Å². The van der Waals surface area contributed by atoms with E-state index in [1.165, 1.54) is 12.0 Å². The second-order valence-electron chi connectivity index (χ2n) is 8.51. The lowest BCUT2D eigenvalue weighted by atomic mass is 9.91. The molecule has 1 saturated heterocycles. The van der Waals surface area contributed by atoms with E-state index in [0.717, 1.165) is 16.3 Å². The van der Waals surface area contributed by atoms with Crippen molar-refractivity contribution in [1.29, 1.82) is 0 Å². The van der Waals surface area contributed by atoms with Gasteiger partial charge in [0.1, 0.15) is 11.5 Å². The minimum Gasteiger partial charge on any atom is -0.507 e. The maximum Gasteiger partial charge on any atom is 0.300 e. The topological polar surface area (TPSA) is 85.3 Å². The normalized spacial score (nSPS) is 18.1. The fourth-order valence-electron chi connectivity index (χ4n) is 4.84. The van der Waals surface area contributed by atoms with Gasteiger partial charge in [0.05, 0.1) is 18.7 Å². The average Bonchev–Trinajstić information content (AvgIpc) is 3.49. The standard InChI is InChI=1S/C29H21NO6/c1-34-20-9-5-8-19(15-20)30-26(22-11-4-7-17-6-2-3-10-21(17)22)25(28(32)29(30)33)27(31)18-12-13-23-24(14-18)36-16-35-23/h2-15,26,31H,16H2,1H3/b27-25-. The number of carbonyl (C=O) groups is 2. The fourth-order valence-corrected chi connectivity index (χ4v) is 4.84. The van der Waals surface area contributed by atoms with Gasteiger partial charge in [-0.2, -0.15) is 0 Å². The van der Waals surface area contributed by atoms with Crippen molar-refractivity contribution in [3.8, 4) is 17.2 Å². The third-order valence-electron chi connectivity index (χ3n) is 6.54. The van der Waals surface area contributed by atoms with E-state index < -0.39 is 17.7 Å². The van der Waals surface area contributed by atoms with Gasteiger partial charge < -0.3 is 19.3 Å². The second kappa shape index (κ2) is 8.46. The number of ether oxygens (including phenoxy) is 3. The molecule has 2 aliphatic heterocycles. The Morgan fingerprint density at radius 1 is 0.917 bits per heavy atom. The van der Waals surface area contributed by atoms with E-state index in [1.807, 2.05) is 42.5 Å². The van der Waals surface area contributed by atoms with Gasteiger partial charge in [-0.25, -0.2) is 0 Å². The first kappa shape index (κ1) is 21.7. The van der Waals surface area contributed by atoms with Gasteiger partial charge in [-0.15, -0.1) is 0 Å². The molecule has 4 aromatic rings. The average molecular weight is 479 g/mol. The number of methoxy groups -OCH3 is 1. The van der Waals surface area contributed by atoms with Gasteiger partial charge in [-0.05, 0) is 46.7 Å². The molecular formula is C29H21NO6. The summed E-state index contributed by atoms with van der Waals surface area (Å²) >= 11 is 0. The summed E-state index contributed by atoms with van der Waals surface area (Å²) in [6.45, 7) is 0.0792. The molecule has 2 aliphatic rings. The van der Waals surface area contributed by atoms with E-state index >= 15 is 0 Å². The molecule has 4 aromatic carbocycles. The zero-order valence-electron chi connectivity index (χ0n) is 19.3. The summed E-state index contributed by atoms with van der Waals surface area (Å²) < 4.78 is 16.2. The molecule has 1 amide bonds. The molecule has 36 heavy (non-hydrogen) atoms. The van der Waals surface area contributed by atoms with Crippen LogP contribution in [0.3, 0.4) is 0 Å². The van der Waals surface area contributed by atoms with Crippen molar-refractivity contribution in [1.82, 2.24) is 0 Å². The number of hydrogen-bond acceptors (Lipinski definition) is 6. The van der Waals surface area contributed by atoms with Gasteiger partial charge in [0, 0.05) is 17.3 Å². The lowest BCUT2D eigenvalue weighted by molar-refractivity contribution is -0.132. The quantitative estimate of drug-likeness (QED) is 0.246. The summed E-state index contributed by atoms with van der Waals surface area (Å²) in [5.41, 5.74) is 1.56. The van der Waals surface area contributed by atoms with Gasteiger partial charge in [-0.1, -0.05) is 48.5 Å². The summed E-state index contributed by atoms with van der Waals surface area (Å²) in [6, 6.07) is 24.5. The molecule has 0 radical (unpaired) electrons. The number of amides is 1. The number of hydrogen-bond donors (Lipinski definition) is 1. The van der Waals surface area contributed by atoms with Gasteiger partial charge >= 0.3 is 0 Å². The summed E-state index contributed by atoms with van der Waals surface area (Å²) in [4.78, 5) is 28.4. The van der Waals surface area contributed by atoms with E-state index in [1.54, 1.807) is 42.5 Å². The summed E-state index contributed by atoms with van der Waals surface area (Å²) in [5.74, 6) is -0.233. The minimum atomic E-state index is -0.867. The molecule has 7 nitrogen and oxygen atoms in total. The molecule has 1 unspecified atom stereocenters. The predicted molar refractivity (Wildman–Crippen MR) is 134 cm³/mol. The molecule has 0 bridgehead atoms. The molecule has 178 valence electrons. The molecule has 0 aromatic heterocycles. The van der Waals surface area contributed by atoms with Crippen molar-refractivity contribution in [3.63, 3.8) is 0 Å². The molecule has 1 fully saturated rings. The van der Waals surface area contributed by atoms with Crippen LogP contribution in [0.5, 0.6) is 17.2 Å². The maximum absolute atomic E-state index is 13.5. The lowest BCUT2D eigenvalue weighted by Crippen LogP contribution is -2.29. The minimum absolute atomic E-state index is 0.00182. The molecule has 2 heterocycles. The van der Waals surface area contributed by atoms with Gasteiger partial charge in [0.15, 0.2) is 11.5 Å². The predicted octanol–water partition coefficient (Wildman–Crippen LogP) is 5.20. The zero-order chi connectivity index (χ0) is 24.8. The summed E-state index contributed by atoms with van der Waals surface area (Å²) in [5, 5.41) is 13.3. The highest BCUT2D eigenvalue weighted by Crippen LogP contribution is 2.45. The molecule has 6 rings (SSSR count). The van der Waals surface area contributed by atoms with Crippen molar-refractivity contribution in [3.05, 3.63) is 102 Å². The number of aliphatic hydroxyl groups excluding tert-OH is 1. The number of benzene rings is 4. The molecular weight excluding hydrogens is 458 g/mol. The highest BCUT2D eigenvalue weighted by molar-refractivity contribution is 6.52. The number of rotatable bonds is 4. The zero-order valence-corrected chi connectivity index (χ0v) is 19.3. The Morgan fingerprint density at radius 3 is 2.56 bits per heavy atom. The molecule has 0 saturated carbocycles. The van der Waals surface area contributed by atoms with Crippen LogP contribution in [0.25, 0.3) is 16.5 Å². The fraction of sp³-hybridized carbons (Fsp3) is 0.103. The number of aliphatic hydroxyl groups is 1. The first-order valence-electron chi connectivity index (χ1n) is 11.4. The summed E-state index contributed by atoms with van der Waals surface area (Å²) in [6.07, 6.45) is 0. The van der Waals surface area contributed by atoms with E-state index in [2.05, 4.69) is 0 Å². The molecule has 7 heteroatoms. The summed E-state index contributed by atoms with van der Waals surface area (Å²) in [7, 11) is 1.54. The number of Topliss-reactive ketones (excluding diaryl/α,β-unsaturated/α-hetero) is 1. The Labute approximate surface area is 206 Å². The number of ketones is 1. The molecule has 1 atom stereocenters. The lowest BCUT2D eigenvalue weighted by Gasteiger charge is -2.26. The van der Waals surface area contributed by atoms with Gasteiger partial charge in [0.2, 0.25) is 6.79 Å². The van der Waals surface area contributed by atoms with Crippen LogP contribution < -0.4 is 19.1 Å². The van der Waals surface area contributed by atoms with Crippen molar-refractivity contribution in [2.45, 2.75) is 6.04 Å². The molecule has 1 N–H and O–H groups in total. The largest absolute Gasteiger partial charge is 0.507 e. The van der Waals surface area contributed by atoms with E-state index in [-0.39, 0.29) is 18.1 Å². The Hall–Kier alpha value is -4.78. The molecule has 0 aliphatic carbocycles. The van der Waals surface area contributed by atoms with Crippen LogP contribution in [0, 0.1) is 0 Å². The Kier molecular flexibility index (Phi) is 5.11. The van der Waals surface area contributed by atoms with Crippen molar-refractivity contribution >= 4 is 33.9 Å². The van der Waals surface area contributed by atoms with Crippen LogP contribution in [0.4, 0.5) is 5.69 Å². The Morgan fingerprint density at radius 2 is 1.69 bits per heavy atom. The van der Waals surface area contributed by atoms with Crippen LogP contribution in [0.15, 0.2) is 90.5 Å². The smallest absolute Gasteiger partial charge is 0.300 e. The van der Waals surface area contributed by atoms with Crippen molar-refractivity contribution < 1.29 is 28.9 Å². The number of fused-ring (bicyclic) bond motifs is 2. The first-order valence-corrected chi connectivity index (χ1v) is 11.4. The third kappa shape index (κ3) is 3.36. The highest BCUT2D eigenvalue weighted by Gasteiger charge is 2.47. The maximum atomic E-state index is 13.5. The van der Waals surface area contributed by atoms with Crippen LogP contribution in [-0.2, 0) is 9.59 Å². The van der Waals surface area contributed by atoms with E-state index in [4.69, 9.17) is 14.2 Å². The highest BCUT2D eigenvalue weighted by atomic mass is 16.7.